The zero-order chi connectivity index (χ0) is 15.0. The molecule has 21 heavy (non-hydrogen) atoms. The van der Waals surface area contributed by atoms with E-state index < -0.39 is 34.8 Å². The molecule has 0 radical (unpaired) electrons. The van der Waals surface area contributed by atoms with Crippen molar-refractivity contribution in [1.29, 1.82) is 0 Å². The molecule has 0 spiro atoms. The van der Waals surface area contributed by atoms with Crippen LogP contribution in [0.15, 0.2) is 36.4 Å². The molecule has 0 saturated carbocycles. The van der Waals surface area contributed by atoms with Gasteiger partial charge >= 0.3 is 0 Å². The lowest BCUT2D eigenvalue weighted by Gasteiger charge is -2.13. The summed E-state index contributed by atoms with van der Waals surface area (Å²) in [6, 6.07) is 8.47. The molecule has 2 aromatic rings. The fourth-order valence-corrected chi connectivity index (χ4v) is 2.29. The third-order valence-corrected chi connectivity index (χ3v) is 3.32. The zero-order valence-electron chi connectivity index (χ0n) is 10.9. The van der Waals surface area contributed by atoms with Gasteiger partial charge in [-0.2, -0.15) is 0 Å². The first-order chi connectivity index (χ1) is 10.1. The average Bonchev–Trinajstić information content (AvgIpc) is 2.86. The van der Waals surface area contributed by atoms with Crippen LogP contribution in [0.3, 0.4) is 0 Å². The number of nitrogens with two attached hydrogens (primary N) is 1. The number of hydrogen-bond donors (Lipinski definition) is 2. The van der Waals surface area contributed by atoms with E-state index in [9.17, 15) is 13.6 Å². The van der Waals surface area contributed by atoms with Crippen LogP contribution in [-0.4, -0.2) is 12.5 Å². The van der Waals surface area contributed by atoms with Gasteiger partial charge in [-0.05, 0) is 18.2 Å². The highest BCUT2D eigenvalue weighted by Gasteiger charge is 2.27. The highest BCUT2D eigenvalue weighted by molar-refractivity contribution is 5.95. The Kier molecular flexibility index (Phi) is 3.21. The van der Waals surface area contributed by atoms with Crippen LogP contribution in [0.5, 0.6) is 5.75 Å². The lowest BCUT2D eigenvalue weighted by molar-refractivity contribution is 0.0926. The summed E-state index contributed by atoms with van der Waals surface area (Å²) in [5.41, 5.74) is 5.31. The van der Waals surface area contributed by atoms with E-state index in [1.165, 1.54) is 0 Å². The SMILES string of the molecule is Nc1cc(F)cc(C(=O)NC2COc3ccccc32)c1F. The Morgan fingerprint density at radius 2 is 2.05 bits per heavy atom. The van der Waals surface area contributed by atoms with E-state index in [2.05, 4.69) is 5.32 Å². The molecule has 1 amide bonds. The molecule has 6 heteroatoms. The predicted molar refractivity (Wildman–Crippen MR) is 72.9 cm³/mol. The summed E-state index contributed by atoms with van der Waals surface area (Å²) in [5.74, 6) is -1.76. The van der Waals surface area contributed by atoms with Crippen LogP contribution in [0.4, 0.5) is 14.5 Å². The van der Waals surface area contributed by atoms with Gasteiger partial charge in [-0.25, -0.2) is 8.78 Å². The number of benzene rings is 2. The Labute approximate surface area is 119 Å². The van der Waals surface area contributed by atoms with Crippen molar-refractivity contribution >= 4 is 11.6 Å². The van der Waals surface area contributed by atoms with Crippen molar-refractivity contribution in [2.75, 3.05) is 12.3 Å². The summed E-state index contributed by atoms with van der Waals surface area (Å²) in [6.45, 7) is 0.248. The number of carbonyl (C=O) groups excluding carboxylic acids is 1. The molecule has 0 bridgehead atoms. The molecule has 2 aromatic carbocycles. The highest BCUT2D eigenvalue weighted by Crippen LogP contribution is 2.32. The van der Waals surface area contributed by atoms with Gasteiger partial charge in [0, 0.05) is 5.56 Å². The van der Waals surface area contributed by atoms with Gasteiger partial charge in [0.25, 0.3) is 5.91 Å². The van der Waals surface area contributed by atoms with E-state index in [0.717, 1.165) is 17.7 Å². The van der Waals surface area contributed by atoms with Crippen molar-refractivity contribution in [3.63, 3.8) is 0 Å². The fraction of sp³-hybridized carbons (Fsp3) is 0.133. The van der Waals surface area contributed by atoms with Crippen molar-refractivity contribution in [3.8, 4) is 5.75 Å². The quantitative estimate of drug-likeness (QED) is 0.835. The Bertz CT molecular complexity index is 719. The average molecular weight is 290 g/mol. The molecule has 0 aromatic heterocycles. The largest absolute Gasteiger partial charge is 0.491 e. The minimum atomic E-state index is -0.930. The van der Waals surface area contributed by atoms with E-state index in [-0.39, 0.29) is 6.61 Å². The first-order valence-electron chi connectivity index (χ1n) is 6.33. The Morgan fingerprint density at radius 1 is 1.29 bits per heavy atom. The third kappa shape index (κ3) is 2.40. The van der Waals surface area contributed by atoms with Gasteiger partial charge < -0.3 is 15.8 Å². The first-order valence-corrected chi connectivity index (χ1v) is 6.33. The van der Waals surface area contributed by atoms with Crippen molar-refractivity contribution in [1.82, 2.24) is 5.32 Å². The number of anilines is 1. The minimum Gasteiger partial charge on any atom is -0.491 e. The molecular weight excluding hydrogens is 278 g/mol. The van der Waals surface area contributed by atoms with Crippen LogP contribution >= 0.6 is 0 Å². The van der Waals surface area contributed by atoms with Crippen LogP contribution in [-0.2, 0) is 0 Å². The van der Waals surface area contributed by atoms with Gasteiger partial charge in [0.05, 0.1) is 17.3 Å². The molecule has 1 aliphatic heterocycles. The Morgan fingerprint density at radius 3 is 2.86 bits per heavy atom. The smallest absolute Gasteiger partial charge is 0.255 e. The van der Waals surface area contributed by atoms with Crippen molar-refractivity contribution < 1.29 is 18.3 Å². The number of hydrogen-bond acceptors (Lipinski definition) is 3. The topological polar surface area (TPSA) is 64.4 Å². The van der Waals surface area contributed by atoms with E-state index in [4.69, 9.17) is 10.5 Å². The second kappa shape index (κ2) is 5.05. The molecule has 1 unspecified atom stereocenters. The molecule has 3 rings (SSSR count). The molecule has 1 heterocycles. The van der Waals surface area contributed by atoms with E-state index in [1.54, 1.807) is 6.07 Å². The van der Waals surface area contributed by atoms with Crippen LogP contribution in [0.1, 0.15) is 22.0 Å². The maximum Gasteiger partial charge on any atom is 0.255 e. The second-order valence-electron chi connectivity index (χ2n) is 4.73. The van der Waals surface area contributed by atoms with Crippen LogP contribution < -0.4 is 15.8 Å². The van der Waals surface area contributed by atoms with Crippen molar-refractivity contribution in [3.05, 3.63) is 59.2 Å². The molecular formula is C15H12F2N2O2. The third-order valence-electron chi connectivity index (χ3n) is 3.32. The van der Waals surface area contributed by atoms with Crippen LogP contribution in [0.25, 0.3) is 0 Å². The number of ether oxygens (including phenoxy) is 1. The van der Waals surface area contributed by atoms with Gasteiger partial charge in [-0.15, -0.1) is 0 Å². The normalized spacial score (nSPS) is 16.2. The lowest BCUT2D eigenvalue weighted by atomic mass is 10.1. The monoisotopic (exact) mass is 290 g/mol. The van der Waals surface area contributed by atoms with E-state index in [0.29, 0.717) is 5.75 Å². The van der Waals surface area contributed by atoms with Gasteiger partial charge in [0.1, 0.15) is 18.2 Å². The molecule has 0 aliphatic carbocycles. The number of rotatable bonds is 2. The van der Waals surface area contributed by atoms with Crippen LogP contribution in [0, 0.1) is 11.6 Å². The van der Waals surface area contributed by atoms with Crippen molar-refractivity contribution in [2.45, 2.75) is 6.04 Å². The summed E-state index contributed by atoms with van der Waals surface area (Å²) in [6.07, 6.45) is 0. The van der Waals surface area contributed by atoms with Gasteiger partial charge in [-0.1, -0.05) is 18.2 Å². The summed E-state index contributed by atoms with van der Waals surface area (Å²) in [4.78, 5) is 12.1. The summed E-state index contributed by atoms with van der Waals surface area (Å²) >= 11 is 0. The second-order valence-corrected chi connectivity index (χ2v) is 4.73. The number of nitrogens with one attached hydrogen (secondary N) is 1. The first kappa shape index (κ1) is 13.4. The van der Waals surface area contributed by atoms with Gasteiger partial charge in [0.15, 0.2) is 5.82 Å². The molecule has 1 aliphatic rings. The molecule has 4 nitrogen and oxygen atoms in total. The number of halogens is 2. The standard InChI is InChI=1S/C15H12F2N2O2/c16-8-5-10(14(17)11(18)6-8)15(20)19-12-7-21-13-4-2-1-3-9(12)13/h1-6,12H,7,18H2,(H,19,20). The number of para-hydroxylation sites is 1. The minimum absolute atomic E-state index is 0.248. The lowest BCUT2D eigenvalue weighted by Crippen LogP contribution is -2.30. The number of fused-ring (bicyclic) bond motifs is 1. The molecule has 0 saturated heterocycles. The molecule has 1 atom stereocenters. The summed E-state index contributed by atoms with van der Waals surface area (Å²) < 4.78 is 32.5. The Hall–Kier alpha value is -2.63. The zero-order valence-corrected chi connectivity index (χ0v) is 10.9. The number of amides is 1. The molecule has 108 valence electrons. The van der Waals surface area contributed by atoms with Gasteiger partial charge in [-0.3, -0.25) is 4.79 Å². The Balaban J connectivity index is 1.85. The predicted octanol–water partition coefficient (Wildman–Crippen LogP) is 2.41. The number of nitrogen functional groups attached to an aromatic ring is 1. The molecule has 0 fully saturated rings. The van der Waals surface area contributed by atoms with Crippen LogP contribution in [0.2, 0.25) is 0 Å². The van der Waals surface area contributed by atoms with Gasteiger partial charge in [0.2, 0.25) is 0 Å². The van der Waals surface area contributed by atoms with E-state index in [1.807, 2.05) is 18.2 Å². The fourth-order valence-electron chi connectivity index (χ4n) is 2.29. The van der Waals surface area contributed by atoms with E-state index >= 15 is 0 Å². The maximum absolute atomic E-state index is 13.8. The maximum atomic E-state index is 13.8. The highest BCUT2D eigenvalue weighted by atomic mass is 19.1. The summed E-state index contributed by atoms with van der Waals surface area (Å²) in [7, 11) is 0. The summed E-state index contributed by atoms with van der Waals surface area (Å²) in [5, 5.41) is 2.62. The number of carbonyl (C=O) groups is 1. The molecule has 3 N–H and O–H groups in total. The van der Waals surface area contributed by atoms with Crippen molar-refractivity contribution in [2.24, 2.45) is 0 Å².